The van der Waals surface area contributed by atoms with Crippen LogP contribution < -0.4 is 10.6 Å². The third-order valence-electron chi connectivity index (χ3n) is 6.29. The van der Waals surface area contributed by atoms with Crippen LogP contribution >= 0.6 is 0 Å². The molecule has 0 radical (unpaired) electrons. The van der Waals surface area contributed by atoms with Gasteiger partial charge in [-0.05, 0) is 62.6 Å². The van der Waals surface area contributed by atoms with Gasteiger partial charge < -0.3 is 15.5 Å². The number of nitrogens with zero attached hydrogens (tertiary/aromatic N) is 1. The Morgan fingerprint density at radius 3 is 2.50 bits per heavy atom. The number of aryl methyl sites for hydroxylation is 1. The standard InChI is InChI=1S/C21H27F4N3O2/c1-12-11-15(5-8-17(12)22)18(14-3-6-16(7-4-14)21(23,24)25)27-20(30)28-10-9-26-19(29)13(28)2/h5,8,11,13-14,16,18H,3-4,6-7,9-10H2,1-2H3,(H,26,29)(H,27,30)/t13-,14-,16-,18?/m1/s1. The Morgan fingerprint density at radius 2 is 1.90 bits per heavy atom. The predicted octanol–water partition coefficient (Wildman–Crippen LogP) is 4.07. The Kier molecular flexibility index (Phi) is 6.57. The van der Waals surface area contributed by atoms with Crippen LogP contribution in [0.3, 0.4) is 0 Å². The highest BCUT2D eigenvalue weighted by Crippen LogP contribution is 2.43. The maximum absolute atomic E-state index is 13.8. The highest BCUT2D eigenvalue weighted by molar-refractivity contribution is 5.88. The Labute approximate surface area is 173 Å². The van der Waals surface area contributed by atoms with E-state index in [1.165, 1.54) is 11.0 Å². The molecule has 2 N–H and O–H groups in total. The van der Waals surface area contributed by atoms with Crippen LogP contribution in [-0.4, -0.2) is 42.1 Å². The zero-order valence-corrected chi connectivity index (χ0v) is 17.1. The van der Waals surface area contributed by atoms with Gasteiger partial charge in [-0.2, -0.15) is 13.2 Å². The van der Waals surface area contributed by atoms with Crippen molar-refractivity contribution in [2.24, 2.45) is 11.8 Å². The van der Waals surface area contributed by atoms with Crippen LogP contribution in [-0.2, 0) is 4.79 Å². The van der Waals surface area contributed by atoms with Crippen LogP contribution in [0, 0.1) is 24.6 Å². The van der Waals surface area contributed by atoms with Crippen molar-refractivity contribution in [3.8, 4) is 0 Å². The fraction of sp³-hybridized carbons (Fsp3) is 0.619. The van der Waals surface area contributed by atoms with Crippen LogP contribution in [0.5, 0.6) is 0 Å². The molecule has 30 heavy (non-hydrogen) atoms. The van der Waals surface area contributed by atoms with Crippen molar-refractivity contribution in [2.75, 3.05) is 13.1 Å². The van der Waals surface area contributed by atoms with Crippen LogP contribution in [0.4, 0.5) is 22.4 Å². The van der Waals surface area contributed by atoms with Gasteiger partial charge in [0.1, 0.15) is 11.9 Å². The van der Waals surface area contributed by atoms with Gasteiger partial charge in [-0.15, -0.1) is 0 Å². The van der Waals surface area contributed by atoms with Crippen LogP contribution in [0.25, 0.3) is 0 Å². The minimum absolute atomic E-state index is 0.00321. The molecular weight excluding hydrogens is 402 g/mol. The lowest BCUT2D eigenvalue weighted by Gasteiger charge is -2.38. The number of hydrogen-bond donors (Lipinski definition) is 2. The van der Waals surface area contributed by atoms with E-state index in [-0.39, 0.29) is 30.5 Å². The number of benzene rings is 1. The topological polar surface area (TPSA) is 61.4 Å². The first-order valence-electron chi connectivity index (χ1n) is 10.3. The number of halogens is 4. The summed E-state index contributed by atoms with van der Waals surface area (Å²) in [5.41, 5.74) is 1.06. The monoisotopic (exact) mass is 429 g/mol. The average Bonchev–Trinajstić information content (AvgIpc) is 2.69. The average molecular weight is 429 g/mol. The lowest BCUT2D eigenvalue weighted by atomic mass is 9.76. The van der Waals surface area contributed by atoms with Gasteiger partial charge in [-0.3, -0.25) is 4.79 Å². The zero-order chi connectivity index (χ0) is 22.1. The van der Waals surface area contributed by atoms with Gasteiger partial charge in [0.05, 0.1) is 12.0 Å². The van der Waals surface area contributed by atoms with E-state index in [0.29, 0.717) is 37.1 Å². The molecule has 0 aromatic heterocycles. The van der Waals surface area contributed by atoms with Crippen molar-refractivity contribution in [1.29, 1.82) is 0 Å². The first kappa shape index (κ1) is 22.4. The molecule has 0 spiro atoms. The SMILES string of the molecule is Cc1cc(C(NC(=O)N2CCNC(=O)[C@H]2C)[C@H]2CC[C@H](C(F)(F)F)CC2)ccc1F. The Balaban J connectivity index is 1.80. The molecule has 1 aliphatic heterocycles. The van der Waals surface area contributed by atoms with Crippen molar-refractivity contribution in [2.45, 2.75) is 57.8 Å². The maximum Gasteiger partial charge on any atom is 0.391 e. The zero-order valence-electron chi connectivity index (χ0n) is 17.1. The number of hydrogen-bond acceptors (Lipinski definition) is 2. The lowest BCUT2D eigenvalue weighted by molar-refractivity contribution is -0.184. The Hall–Kier alpha value is -2.32. The van der Waals surface area contributed by atoms with Gasteiger partial charge in [0.15, 0.2) is 0 Å². The Morgan fingerprint density at radius 1 is 1.23 bits per heavy atom. The number of piperazine rings is 1. The second-order valence-corrected chi connectivity index (χ2v) is 8.25. The number of carbonyl (C=O) groups is 2. The molecule has 5 nitrogen and oxygen atoms in total. The molecule has 1 heterocycles. The third-order valence-corrected chi connectivity index (χ3v) is 6.29. The maximum atomic E-state index is 13.8. The molecule has 166 valence electrons. The molecule has 2 aliphatic rings. The van der Waals surface area contributed by atoms with E-state index >= 15 is 0 Å². The summed E-state index contributed by atoms with van der Waals surface area (Å²) in [4.78, 5) is 26.3. The van der Waals surface area contributed by atoms with Gasteiger partial charge in [0, 0.05) is 13.1 Å². The lowest BCUT2D eigenvalue weighted by Crippen LogP contribution is -2.58. The van der Waals surface area contributed by atoms with Crippen LogP contribution in [0.1, 0.15) is 49.8 Å². The number of rotatable bonds is 3. The summed E-state index contributed by atoms with van der Waals surface area (Å²) < 4.78 is 53.0. The Bertz CT molecular complexity index is 791. The molecule has 1 aromatic rings. The number of urea groups is 1. The van der Waals surface area contributed by atoms with Crippen molar-refractivity contribution in [3.63, 3.8) is 0 Å². The normalized spacial score (nSPS) is 26.1. The molecule has 2 atom stereocenters. The molecule has 1 unspecified atom stereocenters. The van der Waals surface area contributed by atoms with Crippen LogP contribution in [0.2, 0.25) is 0 Å². The van der Waals surface area contributed by atoms with Gasteiger partial charge in [0.2, 0.25) is 5.91 Å². The second kappa shape index (κ2) is 8.81. The summed E-state index contributed by atoms with van der Waals surface area (Å²) in [7, 11) is 0. The smallest absolute Gasteiger partial charge is 0.353 e. The molecule has 0 bridgehead atoms. The molecule has 1 aromatic carbocycles. The highest BCUT2D eigenvalue weighted by atomic mass is 19.4. The van der Waals surface area contributed by atoms with Gasteiger partial charge >= 0.3 is 12.2 Å². The molecule has 1 saturated heterocycles. The first-order chi connectivity index (χ1) is 14.1. The molecule has 9 heteroatoms. The predicted molar refractivity (Wildman–Crippen MR) is 103 cm³/mol. The minimum atomic E-state index is -4.22. The van der Waals surface area contributed by atoms with Gasteiger partial charge in [-0.1, -0.05) is 12.1 Å². The summed E-state index contributed by atoms with van der Waals surface area (Å²) in [5.74, 6) is -2.17. The van der Waals surface area contributed by atoms with E-state index in [4.69, 9.17) is 0 Å². The summed E-state index contributed by atoms with van der Waals surface area (Å²) in [6.07, 6.45) is -3.59. The number of carbonyl (C=O) groups excluding carboxylic acids is 2. The first-order valence-corrected chi connectivity index (χ1v) is 10.3. The number of nitrogens with one attached hydrogen (secondary N) is 2. The highest BCUT2D eigenvalue weighted by Gasteiger charge is 2.43. The van der Waals surface area contributed by atoms with E-state index in [9.17, 15) is 27.2 Å². The van der Waals surface area contributed by atoms with E-state index in [1.807, 2.05) is 0 Å². The minimum Gasteiger partial charge on any atom is -0.353 e. The quantitative estimate of drug-likeness (QED) is 0.712. The van der Waals surface area contributed by atoms with Crippen molar-refractivity contribution >= 4 is 11.9 Å². The molecule has 3 amide bonds. The number of alkyl halides is 3. The van der Waals surface area contributed by atoms with Gasteiger partial charge in [-0.25, -0.2) is 9.18 Å². The van der Waals surface area contributed by atoms with Crippen molar-refractivity contribution in [1.82, 2.24) is 15.5 Å². The fourth-order valence-electron chi connectivity index (χ4n) is 4.39. The van der Waals surface area contributed by atoms with E-state index in [0.717, 1.165) is 0 Å². The summed E-state index contributed by atoms with van der Waals surface area (Å²) in [5, 5.41) is 5.62. The molecule has 1 aliphatic carbocycles. The van der Waals surface area contributed by atoms with E-state index in [2.05, 4.69) is 10.6 Å². The van der Waals surface area contributed by atoms with Crippen LogP contribution in [0.15, 0.2) is 18.2 Å². The molecule has 3 rings (SSSR count). The molecule has 2 fully saturated rings. The van der Waals surface area contributed by atoms with E-state index < -0.39 is 30.2 Å². The third kappa shape index (κ3) is 4.87. The summed E-state index contributed by atoms with van der Waals surface area (Å²) in [6, 6.07) is 2.86. The summed E-state index contributed by atoms with van der Waals surface area (Å²) in [6.45, 7) is 3.91. The summed E-state index contributed by atoms with van der Waals surface area (Å²) >= 11 is 0. The second-order valence-electron chi connectivity index (χ2n) is 8.25. The van der Waals surface area contributed by atoms with E-state index in [1.54, 1.807) is 26.0 Å². The van der Waals surface area contributed by atoms with Crippen molar-refractivity contribution in [3.05, 3.63) is 35.1 Å². The van der Waals surface area contributed by atoms with Crippen molar-refractivity contribution < 1.29 is 27.2 Å². The molecular formula is C21H27F4N3O2. The van der Waals surface area contributed by atoms with Gasteiger partial charge in [0.25, 0.3) is 0 Å². The molecule has 1 saturated carbocycles. The largest absolute Gasteiger partial charge is 0.391 e. The fourth-order valence-corrected chi connectivity index (χ4v) is 4.39. The number of amides is 3.